The Morgan fingerprint density at radius 1 is 1.20 bits per heavy atom. The van der Waals surface area contributed by atoms with E-state index in [1.54, 1.807) is 0 Å². The first-order valence-corrected chi connectivity index (χ1v) is 8.37. The summed E-state index contributed by atoms with van der Waals surface area (Å²) in [6, 6.07) is 0.0233. The maximum Gasteiger partial charge on any atom is 0.156 e. The summed E-state index contributed by atoms with van der Waals surface area (Å²) in [5.74, 6) is 4.79. The highest BCUT2D eigenvalue weighted by molar-refractivity contribution is 5.17. The van der Waals surface area contributed by atoms with Crippen LogP contribution in [0.5, 0.6) is 0 Å². The molecule has 0 radical (unpaired) electrons. The van der Waals surface area contributed by atoms with Crippen LogP contribution in [0.2, 0.25) is 0 Å². The van der Waals surface area contributed by atoms with E-state index in [9.17, 15) is 0 Å². The highest BCUT2D eigenvalue weighted by atomic mass is 15.2. The molecule has 0 aliphatic heterocycles. The maximum absolute atomic E-state index is 6.18. The Bertz CT molecular complexity index is 457. The molecule has 4 saturated carbocycles. The zero-order chi connectivity index (χ0) is 13.7. The predicted molar refractivity (Wildman–Crippen MR) is 78.1 cm³/mol. The fourth-order valence-corrected chi connectivity index (χ4v) is 5.51. The Balaban J connectivity index is 1.61. The lowest BCUT2D eigenvalue weighted by Gasteiger charge is -2.55. The predicted octanol–water partition coefficient (Wildman–Crippen LogP) is 3.07. The molecule has 20 heavy (non-hydrogen) atoms. The molecule has 1 unspecified atom stereocenters. The summed E-state index contributed by atoms with van der Waals surface area (Å²) >= 11 is 0. The van der Waals surface area contributed by atoms with Crippen molar-refractivity contribution in [2.45, 2.75) is 69.7 Å². The van der Waals surface area contributed by atoms with Gasteiger partial charge in [-0.1, -0.05) is 13.3 Å². The van der Waals surface area contributed by atoms with Gasteiger partial charge in [0.1, 0.15) is 5.82 Å². The van der Waals surface area contributed by atoms with Crippen molar-refractivity contribution < 1.29 is 0 Å². The van der Waals surface area contributed by atoms with Crippen LogP contribution in [0.15, 0.2) is 0 Å². The van der Waals surface area contributed by atoms with Crippen LogP contribution in [0.3, 0.4) is 0 Å². The summed E-state index contributed by atoms with van der Waals surface area (Å²) in [5.41, 5.74) is 6.46. The Morgan fingerprint density at radius 3 is 2.35 bits per heavy atom. The van der Waals surface area contributed by atoms with Crippen LogP contribution < -0.4 is 5.73 Å². The third-order valence-electron chi connectivity index (χ3n) is 5.97. The SMILES string of the molecule is CCCC(N)c1nc(C23CC4CC(CC(C4)C2)C3)n[nH]1. The van der Waals surface area contributed by atoms with Crippen LogP contribution in [0.4, 0.5) is 0 Å². The number of nitrogens with two attached hydrogens (primary N) is 1. The molecule has 1 heterocycles. The molecule has 0 aromatic carbocycles. The molecule has 0 saturated heterocycles. The first-order chi connectivity index (χ1) is 9.68. The first-order valence-electron chi connectivity index (χ1n) is 8.37. The second-order valence-corrected chi connectivity index (χ2v) is 7.64. The monoisotopic (exact) mass is 274 g/mol. The highest BCUT2D eigenvalue weighted by Crippen LogP contribution is 2.60. The molecule has 4 bridgehead atoms. The van der Waals surface area contributed by atoms with Crippen LogP contribution >= 0.6 is 0 Å². The molecule has 3 N–H and O–H groups in total. The molecule has 5 rings (SSSR count). The summed E-state index contributed by atoms with van der Waals surface area (Å²) in [4.78, 5) is 4.83. The molecule has 4 aliphatic carbocycles. The number of nitrogens with zero attached hydrogens (tertiary/aromatic N) is 2. The summed E-state index contributed by atoms with van der Waals surface area (Å²) in [5, 5.41) is 7.72. The van der Waals surface area contributed by atoms with Gasteiger partial charge in [-0.3, -0.25) is 5.10 Å². The minimum atomic E-state index is 0.0233. The molecule has 4 aliphatic rings. The van der Waals surface area contributed by atoms with Gasteiger partial charge in [0, 0.05) is 5.41 Å². The number of aromatic amines is 1. The molecule has 0 spiro atoms. The average molecular weight is 274 g/mol. The van der Waals surface area contributed by atoms with Crippen LogP contribution in [0.1, 0.15) is 76.0 Å². The van der Waals surface area contributed by atoms with Gasteiger partial charge in [0.05, 0.1) is 6.04 Å². The molecule has 1 aromatic rings. The first kappa shape index (κ1) is 12.8. The number of hydrogen-bond donors (Lipinski definition) is 2. The fraction of sp³-hybridized carbons (Fsp3) is 0.875. The third kappa shape index (κ3) is 1.92. The zero-order valence-corrected chi connectivity index (χ0v) is 12.4. The van der Waals surface area contributed by atoms with E-state index in [-0.39, 0.29) is 11.5 Å². The molecule has 1 aromatic heterocycles. The smallest absolute Gasteiger partial charge is 0.156 e. The van der Waals surface area contributed by atoms with Crippen LogP contribution in [0.25, 0.3) is 0 Å². The number of nitrogens with one attached hydrogen (secondary N) is 1. The van der Waals surface area contributed by atoms with Crippen LogP contribution in [-0.2, 0) is 5.41 Å². The topological polar surface area (TPSA) is 67.6 Å². The summed E-state index contributed by atoms with van der Waals surface area (Å²) < 4.78 is 0. The largest absolute Gasteiger partial charge is 0.321 e. The second kappa shape index (κ2) is 4.55. The Hall–Kier alpha value is -0.900. The normalized spacial score (nSPS) is 40.2. The quantitative estimate of drug-likeness (QED) is 0.886. The summed E-state index contributed by atoms with van der Waals surface area (Å²) in [6.07, 6.45) is 10.4. The number of rotatable bonds is 4. The van der Waals surface area contributed by atoms with Gasteiger partial charge in [-0.15, -0.1) is 0 Å². The van der Waals surface area contributed by atoms with E-state index in [1.165, 1.54) is 38.5 Å². The van der Waals surface area contributed by atoms with Gasteiger partial charge in [0.2, 0.25) is 0 Å². The van der Waals surface area contributed by atoms with E-state index >= 15 is 0 Å². The number of H-pyrrole nitrogens is 1. The average Bonchev–Trinajstić information content (AvgIpc) is 2.87. The van der Waals surface area contributed by atoms with E-state index < -0.39 is 0 Å². The lowest BCUT2D eigenvalue weighted by Crippen LogP contribution is -2.49. The van der Waals surface area contributed by atoms with Crippen molar-refractivity contribution in [2.24, 2.45) is 23.5 Å². The molecular formula is C16H26N4. The van der Waals surface area contributed by atoms with Crippen molar-refractivity contribution in [1.29, 1.82) is 0 Å². The van der Waals surface area contributed by atoms with Gasteiger partial charge in [0.25, 0.3) is 0 Å². The second-order valence-electron chi connectivity index (χ2n) is 7.64. The van der Waals surface area contributed by atoms with Gasteiger partial charge in [-0.2, -0.15) is 5.10 Å². The number of hydrogen-bond acceptors (Lipinski definition) is 3. The van der Waals surface area contributed by atoms with Gasteiger partial charge in [0.15, 0.2) is 5.82 Å². The Kier molecular flexibility index (Phi) is 2.92. The van der Waals surface area contributed by atoms with Crippen molar-refractivity contribution in [3.05, 3.63) is 11.6 Å². The van der Waals surface area contributed by atoms with Crippen molar-refractivity contribution in [1.82, 2.24) is 15.2 Å². The number of aromatic nitrogens is 3. The molecule has 4 heteroatoms. The Morgan fingerprint density at radius 2 is 1.80 bits per heavy atom. The molecular weight excluding hydrogens is 248 g/mol. The molecule has 4 nitrogen and oxygen atoms in total. The van der Waals surface area contributed by atoms with E-state index in [1.807, 2.05) is 0 Å². The molecule has 0 amide bonds. The van der Waals surface area contributed by atoms with E-state index in [0.29, 0.717) is 0 Å². The molecule has 110 valence electrons. The summed E-state index contributed by atoms with van der Waals surface area (Å²) in [6.45, 7) is 2.16. The van der Waals surface area contributed by atoms with Crippen LogP contribution in [0, 0.1) is 17.8 Å². The van der Waals surface area contributed by atoms with E-state index in [0.717, 1.165) is 42.2 Å². The van der Waals surface area contributed by atoms with Crippen LogP contribution in [-0.4, -0.2) is 15.2 Å². The van der Waals surface area contributed by atoms with Gasteiger partial charge in [-0.25, -0.2) is 4.98 Å². The van der Waals surface area contributed by atoms with Gasteiger partial charge < -0.3 is 5.73 Å². The zero-order valence-electron chi connectivity index (χ0n) is 12.4. The Labute approximate surface area is 120 Å². The fourth-order valence-electron chi connectivity index (χ4n) is 5.51. The highest BCUT2D eigenvalue weighted by Gasteiger charge is 2.53. The molecule has 4 fully saturated rings. The lowest BCUT2D eigenvalue weighted by molar-refractivity contribution is -0.00926. The van der Waals surface area contributed by atoms with Gasteiger partial charge in [-0.05, 0) is 62.7 Å². The van der Waals surface area contributed by atoms with Gasteiger partial charge >= 0.3 is 0 Å². The lowest BCUT2D eigenvalue weighted by atomic mass is 9.49. The third-order valence-corrected chi connectivity index (χ3v) is 5.97. The van der Waals surface area contributed by atoms with Crippen molar-refractivity contribution in [2.75, 3.05) is 0 Å². The molecule has 1 atom stereocenters. The maximum atomic E-state index is 6.18. The minimum Gasteiger partial charge on any atom is -0.321 e. The minimum absolute atomic E-state index is 0.0233. The standard InChI is InChI=1S/C16H26N4/c1-2-3-13(17)14-18-15(20-19-14)16-7-10-4-11(8-16)6-12(5-10)9-16/h10-13H,2-9,17H2,1H3,(H,18,19,20). The van der Waals surface area contributed by atoms with Crippen molar-refractivity contribution in [3.8, 4) is 0 Å². The van der Waals surface area contributed by atoms with E-state index in [4.69, 9.17) is 10.7 Å². The van der Waals surface area contributed by atoms with Crippen molar-refractivity contribution in [3.63, 3.8) is 0 Å². The van der Waals surface area contributed by atoms with E-state index in [2.05, 4.69) is 17.1 Å². The summed E-state index contributed by atoms with van der Waals surface area (Å²) in [7, 11) is 0. The van der Waals surface area contributed by atoms with Crippen molar-refractivity contribution >= 4 is 0 Å².